The molecule has 0 N–H and O–H groups in total. The third-order valence-electron chi connectivity index (χ3n) is 6.31. The number of amides is 2. The van der Waals surface area contributed by atoms with Gasteiger partial charge in [-0.3, -0.25) is 14.4 Å². The molecule has 6 nitrogen and oxygen atoms in total. The van der Waals surface area contributed by atoms with E-state index < -0.39 is 24.0 Å². The van der Waals surface area contributed by atoms with Gasteiger partial charge in [0.1, 0.15) is 5.92 Å². The molecule has 3 aromatic rings. The van der Waals surface area contributed by atoms with Crippen LogP contribution in [0, 0.1) is 12.8 Å². The van der Waals surface area contributed by atoms with E-state index in [2.05, 4.69) is 0 Å². The lowest BCUT2D eigenvalue weighted by Gasteiger charge is -2.30. The summed E-state index contributed by atoms with van der Waals surface area (Å²) in [5.41, 5.74) is 4.16. The lowest BCUT2D eigenvalue weighted by molar-refractivity contribution is -0.126. The summed E-state index contributed by atoms with van der Waals surface area (Å²) in [7, 11) is 3.95. The molecular weight excluding hydrogens is 438 g/mol. The van der Waals surface area contributed by atoms with E-state index in [9.17, 15) is 9.59 Å². The molecule has 0 saturated carbocycles. The molecule has 0 bridgehead atoms. The molecule has 0 spiro atoms. The van der Waals surface area contributed by atoms with Crippen LogP contribution in [0.1, 0.15) is 17.2 Å². The van der Waals surface area contributed by atoms with Gasteiger partial charge in [0.2, 0.25) is 5.91 Å². The number of aryl methyl sites for hydroxylation is 1. The Morgan fingerprint density at radius 3 is 2.12 bits per heavy atom. The topological polar surface area (TPSA) is 53.1 Å². The predicted molar refractivity (Wildman–Crippen MR) is 129 cm³/mol. The van der Waals surface area contributed by atoms with E-state index in [-0.39, 0.29) is 5.91 Å². The van der Waals surface area contributed by atoms with Crippen LogP contribution in [0.25, 0.3) is 0 Å². The minimum atomic E-state index is -0.924. The van der Waals surface area contributed by atoms with E-state index in [1.165, 1.54) is 4.90 Å². The van der Waals surface area contributed by atoms with Gasteiger partial charge < -0.3 is 4.90 Å². The Bertz CT molecular complexity index is 1230. The van der Waals surface area contributed by atoms with E-state index in [0.717, 1.165) is 22.5 Å². The van der Waals surface area contributed by atoms with Crippen LogP contribution in [0.5, 0.6) is 0 Å². The first kappa shape index (κ1) is 21.5. The summed E-state index contributed by atoms with van der Waals surface area (Å²) in [6.45, 7) is 1.98. The van der Waals surface area contributed by atoms with Crippen molar-refractivity contribution in [3.63, 3.8) is 0 Å². The van der Waals surface area contributed by atoms with Crippen molar-refractivity contribution in [3.8, 4) is 0 Å². The van der Waals surface area contributed by atoms with Gasteiger partial charge >= 0.3 is 0 Å². The Balaban J connectivity index is 1.60. The summed E-state index contributed by atoms with van der Waals surface area (Å²) in [5.74, 6) is -1.40. The number of halogens is 1. The van der Waals surface area contributed by atoms with Crippen molar-refractivity contribution in [1.82, 2.24) is 0 Å². The Morgan fingerprint density at radius 1 is 0.848 bits per heavy atom. The first-order chi connectivity index (χ1) is 15.9. The minimum Gasteiger partial charge on any atom is -0.378 e. The van der Waals surface area contributed by atoms with Crippen molar-refractivity contribution in [2.24, 2.45) is 5.92 Å². The molecule has 7 heteroatoms. The smallest absolute Gasteiger partial charge is 0.266 e. The maximum absolute atomic E-state index is 13.7. The molecule has 2 aliphatic rings. The Labute approximate surface area is 197 Å². The Hall–Kier alpha value is -3.35. The number of anilines is 3. The van der Waals surface area contributed by atoms with Gasteiger partial charge in [-0.05, 0) is 48.4 Å². The molecule has 168 valence electrons. The maximum atomic E-state index is 13.7. The number of para-hydroxylation sites is 2. The molecule has 2 amide bonds. The SMILES string of the molecule is Cc1ccccc1N1O[C@H]2C(=O)N(c3ccccc3Cl)C(=O)[C@@H]2[C@@H]1c1ccc(N(C)C)cc1. The Kier molecular flexibility index (Phi) is 5.35. The van der Waals surface area contributed by atoms with Crippen molar-refractivity contribution >= 4 is 40.5 Å². The van der Waals surface area contributed by atoms with Crippen molar-refractivity contribution < 1.29 is 14.4 Å². The van der Waals surface area contributed by atoms with E-state index in [0.29, 0.717) is 10.7 Å². The average molecular weight is 462 g/mol. The van der Waals surface area contributed by atoms with Crippen LogP contribution in [0.3, 0.4) is 0 Å². The predicted octanol–water partition coefficient (Wildman–Crippen LogP) is 4.77. The molecule has 2 saturated heterocycles. The lowest BCUT2D eigenvalue weighted by Crippen LogP contribution is -2.37. The van der Waals surface area contributed by atoms with Crippen LogP contribution in [-0.2, 0) is 14.4 Å². The summed E-state index contributed by atoms with van der Waals surface area (Å²) in [4.78, 5) is 36.6. The largest absolute Gasteiger partial charge is 0.378 e. The molecule has 0 radical (unpaired) electrons. The highest BCUT2D eigenvalue weighted by molar-refractivity contribution is 6.36. The first-order valence-corrected chi connectivity index (χ1v) is 11.2. The zero-order valence-electron chi connectivity index (χ0n) is 18.6. The number of hydroxylamine groups is 1. The monoisotopic (exact) mass is 461 g/mol. The fourth-order valence-corrected chi connectivity index (χ4v) is 4.83. The van der Waals surface area contributed by atoms with E-state index in [1.54, 1.807) is 29.3 Å². The standard InChI is InChI=1S/C26H24ClN3O3/c1-16-8-4-6-10-20(16)30-23(17-12-14-18(15-13-17)28(2)3)22-24(33-30)26(32)29(25(22)31)21-11-7-5-9-19(21)27/h4-15,22-24H,1-3H3/t22-,23+,24-/m1/s1. The van der Waals surface area contributed by atoms with E-state index in [1.807, 2.05) is 74.4 Å². The highest BCUT2D eigenvalue weighted by atomic mass is 35.5. The van der Waals surface area contributed by atoms with E-state index >= 15 is 0 Å². The Morgan fingerprint density at radius 2 is 1.48 bits per heavy atom. The van der Waals surface area contributed by atoms with Crippen LogP contribution in [0.2, 0.25) is 5.02 Å². The first-order valence-electron chi connectivity index (χ1n) is 10.8. The maximum Gasteiger partial charge on any atom is 0.266 e. The number of hydrogen-bond donors (Lipinski definition) is 0. The number of imide groups is 1. The van der Waals surface area contributed by atoms with Gasteiger partial charge in [0.05, 0.1) is 22.4 Å². The summed E-state index contributed by atoms with van der Waals surface area (Å²) < 4.78 is 0. The van der Waals surface area contributed by atoms with Crippen LogP contribution < -0.4 is 14.9 Å². The van der Waals surface area contributed by atoms with Crippen LogP contribution in [-0.4, -0.2) is 32.0 Å². The normalized spacial score (nSPS) is 22.1. The number of benzene rings is 3. The van der Waals surface area contributed by atoms with E-state index in [4.69, 9.17) is 16.4 Å². The van der Waals surface area contributed by atoms with Gasteiger partial charge in [-0.2, -0.15) is 0 Å². The van der Waals surface area contributed by atoms with Gasteiger partial charge in [-0.25, -0.2) is 9.96 Å². The number of fused-ring (bicyclic) bond motifs is 1. The van der Waals surface area contributed by atoms with Crippen LogP contribution in [0.15, 0.2) is 72.8 Å². The highest BCUT2D eigenvalue weighted by Crippen LogP contribution is 2.49. The van der Waals surface area contributed by atoms with Crippen LogP contribution >= 0.6 is 11.6 Å². The minimum absolute atomic E-state index is 0.309. The van der Waals surface area contributed by atoms with Crippen molar-refractivity contribution in [2.45, 2.75) is 19.1 Å². The second-order valence-electron chi connectivity index (χ2n) is 8.56. The lowest BCUT2D eigenvalue weighted by atomic mass is 9.90. The number of hydrogen-bond acceptors (Lipinski definition) is 5. The van der Waals surface area contributed by atoms with Crippen molar-refractivity contribution in [2.75, 3.05) is 29.0 Å². The van der Waals surface area contributed by atoms with Gasteiger partial charge in [-0.1, -0.05) is 54.1 Å². The van der Waals surface area contributed by atoms with Gasteiger partial charge in [0, 0.05) is 19.8 Å². The molecule has 0 aromatic heterocycles. The van der Waals surface area contributed by atoms with Crippen LogP contribution in [0.4, 0.5) is 17.1 Å². The molecule has 0 aliphatic carbocycles. The molecule has 33 heavy (non-hydrogen) atoms. The fraction of sp³-hybridized carbons (Fsp3) is 0.231. The fourth-order valence-electron chi connectivity index (χ4n) is 4.61. The van der Waals surface area contributed by atoms with Gasteiger partial charge in [0.25, 0.3) is 5.91 Å². The number of carbonyl (C=O) groups excluding carboxylic acids is 2. The molecule has 3 atom stereocenters. The van der Waals surface area contributed by atoms with Gasteiger partial charge in [0.15, 0.2) is 6.10 Å². The zero-order chi connectivity index (χ0) is 23.3. The molecule has 2 fully saturated rings. The van der Waals surface area contributed by atoms with Crippen molar-refractivity contribution in [3.05, 3.63) is 88.9 Å². The van der Waals surface area contributed by atoms with Crippen molar-refractivity contribution in [1.29, 1.82) is 0 Å². The second-order valence-corrected chi connectivity index (χ2v) is 8.97. The second kappa shape index (κ2) is 8.21. The molecule has 3 aromatic carbocycles. The quantitative estimate of drug-likeness (QED) is 0.524. The molecule has 0 unspecified atom stereocenters. The number of carbonyl (C=O) groups is 2. The molecular formula is C26H24ClN3O3. The summed E-state index contributed by atoms with van der Waals surface area (Å²) in [6.07, 6.45) is -0.924. The number of rotatable bonds is 4. The molecule has 5 rings (SSSR count). The summed E-state index contributed by atoms with van der Waals surface area (Å²) >= 11 is 6.34. The third-order valence-corrected chi connectivity index (χ3v) is 6.63. The molecule has 2 heterocycles. The number of nitrogens with zero attached hydrogens (tertiary/aromatic N) is 3. The summed E-state index contributed by atoms with van der Waals surface area (Å²) in [6, 6.07) is 22.2. The third kappa shape index (κ3) is 3.46. The van der Waals surface area contributed by atoms with Gasteiger partial charge in [-0.15, -0.1) is 0 Å². The summed E-state index contributed by atoms with van der Waals surface area (Å²) in [5, 5.41) is 2.08. The average Bonchev–Trinajstić information content (AvgIpc) is 3.31. The highest BCUT2D eigenvalue weighted by Gasteiger charge is 2.60. The zero-order valence-corrected chi connectivity index (χ0v) is 19.4. The molecule has 2 aliphatic heterocycles.